The smallest absolute Gasteiger partial charge is 0.271 e. The first kappa shape index (κ1) is 19.6. The first-order valence-corrected chi connectivity index (χ1v) is 11.3. The third-order valence-electron chi connectivity index (χ3n) is 7.83. The number of benzene rings is 2. The number of phenolic OH excluding ortho intramolecular Hbond substituents is 1. The van der Waals surface area contributed by atoms with Crippen molar-refractivity contribution in [1.29, 1.82) is 0 Å². The minimum atomic E-state index is -0.211. The molecule has 4 nitrogen and oxygen atoms in total. The molecule has 2 aromatic rings. The number of carbonyl (C=O) groups excluding carboxylic acids is 1. The molecule has 0 saturated heterocycles. The molecule has 2 fully saturated rings. The van der Waals surface area contributed by atoms with Crippen molar-refractivity contribution in [2.45, 2.75) is 51.4 Å². The van der Waals surface area contributed by atoms with Crippen molar-refractivity contribution < 1.29 is 9.90 Å². The van der Waals surface area contributed by atoms with Gasteiger partial charge in [0.05, 0.1) is 0 Å². The fraction of sp³-hybridized carbons (Fsp3) is 0.440. The van der Waals surface area contributed by atoms with E-state index in [1.165, 1.54) is 17.5 Å². The van der Waals surface area contributed by atoms with E-state index in [9.17, 15) is 9.90 Å². The Morgan fingerprint density at radius 3 is 2.87 bits per heavy atom. The van der Waals surface area contributed by atoms with Gasteiger partial charge in [-0.2, -0.15) is 5.10 Å². The zero-order valence-corrected chi connectivity index (χ0v) is 18.0. The number of rotatable bonds is 2. The highest BCUT2D eigenvalue weighted by Crippen LogP contribution is 2.59. The number of phenols is 1. The highest BCUT2D eigenvalue weighted by molar-refractivity contribution is 6.30. The Labute approximate surface area is 182 Å². The number of carbonyl (C=O) groups is 1. The average Bonchev–Trinajstić information content (AvgIpc) is 3.08. The Kier molecular flexibility index (Phi) is 4.85. The van der Waals surface area contributed by atoms with Crippen molar-refractivity contribution in [3.05, 3.63) is 64.2 Å². The fourth-order valence-corrected chi connectivity index (χ4v) is 6.54. The van der Waals surface area contributed by atoms with Crippen LogP contribution >= 0.6 is 11.6 Å². The van der Waals surface area contributed by atoms with Gasteiger partial charge >= 0.3 is 0 Å². The number of amides is 1. The van der Waals surface area contributed by atoms with Crippen LogP contribution in [0.2, 0.25) is 5.02 Å². The van der Waals surface area contributed by atoms with E-state index >= 15 is 0 Å². The van der Waals surface area contributed by atoms with Gasteiger partial charge in [0.25, 0.3) is 5.91 Å². The summed E-state index contributed by atoms with van der Waals surface area (Å²) in [4.78, 5) is 12.5. The van der Waals surface area contributed by atoms with Gasteiger partial charge in [-0.1, -0.05) is 30.7 Å². The first-order valence-electron chi connectivity index (χ1n) is 10.9. The molecule has 1 amide bonds. The second-order valence-electron chi connectivity index (χ2n) is 9.30. The van der Waals surface area contributed by atoms with Crippen LogP contribution in [0.15, 0.2) is 47.6 Å². The van der Waals surface area contributed by atoms with E-state index in [1.807, 2.05) is 12.1 Å². The number of hydrazone groups is 1. The second-order valence-corrected chi connectivity index (χ2v) is 9.74. The number of aryl methyl sites for hydroxylation is 1. The predicted octanol–water partition coefficient (Wildman–Crippen LogP) is 5.69. The minimum Gasteiger partial charge on any atom is -0.508 e. The van der Waals surface area contributed by atoms with Gasteiger partial charge in [0, 0.05) is 21.7 Å². The van der Waals surface area contributed by atoms with Crippen LogP contribution in [0.4, 0.5) is 0 Å². The summed E-state index contributed by atoms with van der Waals surface area (Å²) < 4.78 is 0. The highest BCUT2D eigenvalue weighted by atomic mass is 35.5. The summed E-state index contributed by atoms with van der Waals surface area (Å²) >= 11 is 6.01. The van der Waals surface area contributed by atoms with Crippen molar-refractivity contribution in [2.24, 2.45) is 22.4 Å². The molecule has 0 heterocycles. The molecular formula is C25H27ClN2O2. The van der Waals surface area contributed by atoms with Crippen molar-refractivity contribution in [3.63, 3.8) is 0 Å². The van der Waals surface area contributed by atoms with Crippen LogP contribution in [0.3, 0.4) is 0 Å². The van der Waals surface area contributed by atoms with E-state index in [4.69, 9.17) is 11.6 Å². The highest BCUT2D eigenvalue weighted by Gasteiger charge is 2.53. The van der Waals surface area contributed by atoms with E-state index in [1.54, 1.807) is 24.3 Å². The Bertz CT molecular complexity index is 1030. The molecule has 156 valence electrons. The van der Waals surface area contributed by atoms with Crippen molar-refractivity contribution in [1.82, 2.24) is 5.43 Å². The maximum absolute atomic E-state index is 12.5. The molecule has 2 N–H and O–H groups in total. The van der Waals surface area contributed by atoms with Crippen molar-refractivity contribution in [3.8, 4) is 5.75 Å². The summed E-state index contributed by atoms with van der Waals surface area (Å²) in [7, 11) is 0. The van der Waals surface area contributed by atoms with E-state index in [0.717, 1.165) is 37.8 Å². The standard InChI is InChI=1S/C25H27ClN2O2/c1-25-12-11-20-19-8-6-18(29)14-15(19)5-7-21(20)22(25)9-10-23(25)27-28-24(30)16-3-2-4-17(26)13-16/h2-4,6,8,13-14,20-22,29H,5,7,9-12H2,1H3,(H,28,30)/b27-23-/t20-,21-,22-,25+/m0/s1. The summed E-state index contributed by atoms with van der Waals surface area (Å²) in [6, 6.07) is 12.9. The molecule has 0 radical (unpaired) electrons. The lowest BCUT2D eigenvalue weighted by Crippen LogP contribution is -2.43. The zero-order chi connectivity index (χ0) is 20.9. The number of halogens is 1. The molecule has 2 aromatic carbocycles. The molecule has 4 atom stereocenters. The molecule has 30 heavy (non-hydrogen) atoms. The third kappa shape index (κ3) is 3.22. The summed E-state index contributed by atoms with van der Waals surface area (Å²) in [5.74, 6) is 1.99. The second kappa shape index (κ2) is 7.42. The predicted molar refractivity (Wildman–Crippen MR) is 119 cm³/mol. The Balaban J connectivity index is 1.36. The average molecular weight is 423 g/mol. The Morgan fingerprint density at radius 2 is 2.03 bits per heavy atom. The lowest BCUT2D eigenvalue weighted by atomic mass is 9.55. The fourth-order valence-electron chi connectivity index (χ4n) is 6.35. The number of nitrogens with one attached hydrogen (secondary N) is 1. The molecule has 0 aliphatic heterocycles. The maximum atomic E-state index is 12.5. The summed E-state index contributed by atoms with van der Waals surface area (Å²) in [5, 5.41) is 15.0. The van der Waals surface area contributed by atoms with Crippen LogP contribution in [0.1, 0.15) is 66.4 Å². The van der Waals surface area contributed by atoms with Crippen LogP contribution in [0.25, 0.3) is 0 Å². The lowest BCUT2D eigenvalue weighted by Gasteiger charge is -2.49. The van der Waals surface area contributed by atoms with Crippen LogP contribution in [-0.4, -0.2) is 16.7 Å². The van der Waals surface area contributed by atoms with Gasteiger partial charge in [-0.15, -0.1) is 0 Å². The van der Waals surface area contributed by atoms with Gasteiger partial charge in [-0.25, -0.2) is 5.43 Å². The van der Waals surface area contributed by atoms with E-state index in [2.05, 4.69) is 23.5 Å². The van der Waals surface area contributed by atoms with Crippen LogP contribution in [0.5, 0.6) is 5.75 Å². The molecule has 3 aliphatic carbocycles. The van der Waals surface area contributed by atoms with Crippen molar-refractivity contribution >= 4 is 23.2 Å². The largest absolute Gasteiger partial charge is 0.508 e. The van der Waals surface area contributed by atoms with Gasteiger partial charge in [-0.3, -0.25) is 4.79 Å². The number of fused-ring (bicyclic) bond motifs is 5. The molecule has 0 aromatic heterocycles. The molecular weight excluding hydrogens is 396 g/mol. The number of hydrogen-bond donors (Lipinski definition) is 2. The molecule has 0 spiro atoms. The topological polar surface area (TPSA) is 61.7 Å². The third-order valence-corrected chi connectivity index (χ3v) is 8.07. The molecule has 5 heteroatoms. The first-order chi connectivity index (χ1) is 14.5. The van der Waals surface area contributed by atoms with Crippen LogP contribution in [-0.2, 0) is 6.42 Å². The van der Waals surface area contributed by atoms with E-state index in [-0.39, 0.29) is 11.3 Å². The molecule has 3 aliphatic rings. The minimum absolute atomic E-state index is 0.0528. The number of nitrogens with zero attached hydrogens (tertiary/aromatic N) is 1. The molecule has 5 rings (SSSR count). The van der Waals surface area contributed by atoms with Gasteiger partial charge in [0.1, 0.15) is 5.75 Å². The van der Waals surface area contributed by atoms with Crippen LogP contribution < -0.4 is 5.43 Å². The zero-order valence-electron chi connectivity index (χ0n) is 17.2. The Hall–Kier alpha value is -2.33. The lowest BCUT2D eigenvalue weighted by molar-refractivity contribution is 0.0930. The summed E-state index contributed by atoms with van der Waals surface area (Å²) in [6.07, 6.45) is 6.51. The SMILES string of the molecule is C[C@@]12CC[C@H]3c4ccc(O)cc4CC[C@@H]3[C@@H]1CC/C2=N/NC(=O)c1cccc(Cl)c1. The number of aromatic hydroxyl groups is 1. The van der Waals surface area contributed by atoms with Gasteiger partial charge in [-0.05, 0) is 97.7 Å². The molecule has 0 unspecified atom stereocenters. The van der Waals surface area contributed by atoms with Crippen molar-refractivity contribution in [2.75, 3.05) is 0 Å². The van der Waals surface area contributed by atoms with E-state index in [0.29, 0.717) is 34.1 Å². The summed E-state index contributed by atoms with van der Waals surface area (Å²) in [5.41, 5.74) is 7.26. The Morgan fingerprint density at radius 1 is 1.17 bits per heavy atom. The maximum Gasteiger partial charge on any atom is 0.271 e. The van der Waals surface area contributed by atoms with Gasteiger partial charge < -0.3 is 5.11 Å². The summed E-state index contributed by atoms with van der Waals surface area (Å²) in [6.45, 7) is 2.34. The van der Waals surface area contributed by atoms with Gasteiger partial charge in [0.15, 0.2) is 0 Å². The quantitative estimate of drug-likeness (QED) is 0.611. The number of hydrogen-bond acceptors (Lipinski definition) is 3. The molecule has 2 saturated carbocycles. The van der Waals surface area contributed by atoms with Gasteiger partial charge in [0.2, 0.25) is 0 Å². The molecule has 0 bridgehead atoms. The van der Waals surface area contributed by atoms with Crippen LogP contribution in [0, 0.1) is 17.3 Å². The normalized spacial score (nSPS) is 31.0. The van der Waals surface area contributed by atoms with E-state index < -0.39 is 0 Å². The monoisotopic (exact) mass is 422 g/mol.